The summed E-state index contributed by atoms with van der Waals surface area (Å²) in [5, 5.41) is 2.69. The van der Waals surface area contributed by atoms with Gasteiger partial charge in [-0.3, -0.25) is 4.79 Å². The van der Waals surface area contributed by atoms with Crippen LogP contribution in [0, 0.1) is 0 Å². The average Bonchev–Trinajstić information content (AvgIpc) is 2.58. The van der Waals surface area contributed by atoms with E-state index in [2.05, 4.69) is 10.0 Å². The summed E-state index contributed by atoms with van der Waals surface area (Å²) in [4.78, 5) is 11.4. The molecule has 1 amide bonds. The van der Waals surface area contributed by atoms with Crippen molar-refractivity contribution >= 4 is 15.9 Å². The van der Waals surface area contributed by atoms with Gasteiger partial charge in [-0.1, -0.05) is 48.5 Å². The topological polar surface area (TPSA) is 75.3 Å². The Morgan fingerprint density at radius 1 is 1.00 bits per heavy atom. The third-order valence-corrected chi connectivity index (χ3v) is 5.43. The van der Waals surface area contributed by atoms with Crippen LogP contribution >= 0.6 is 0 Å². The van der Waals surface area contributed by atoms with Crippen molar-refractivity contribution in [2.45, 2.75) is 23.8 Å². The summed E-state index contributed by atoms with van der Waals surface area (Å²) in [5.74, 6) is -0.0369. The number of rotatable bonds is 4. The van der Waals surface area contributed by atoms with E-state index >= 15 is 0 Å². The minimum absolute atomic E-state index is 0.0369. The number of piperidine rings is 1. The number of sulfonamides is 1. The molecule has 0 aliphatic carbocycles. The lowest BCUT2D eigenvalue weighted by molar-refractivity contribution is -0.122. The standard InChI is InChI=1S/C17H18N2O3S/c20-17-11-10-14(12-18-17)19-23(21,22)16-9-5-4-8-15(16)13-6-2-1-3-7-13/h1-9,14,19H,10-12H2,(H,18,20)/t14-/m1/s1. The predicted octanol–water partition coefficient (Wildman–Crippen LogP) is 1.91. The number of hydrogen-bond acceptors (Lipinski definition) is 3. The van der Waals surface area contributed by atoms with E-state index in [9.17, 15) is 13.2 Å². The van der Waals surface area contributed by atoms with Crippen molar-refractivity contribution in [3.05, 3.63) is 54.6 Å². The highest BCUT2D eigenvalue weighted by molar-refractivity contribution is 7.89. The van der Waals surface area contributed by atoms with E-state index in [1.165, 1.54) is 0 Å². The summed E-state index contributed by atoms with van der Waals surface area (Å²) < 4.78 is 28.2. The molecule has 23 heavy (non-hydrogen) atoms. The Morgan fingerprint density at radius 3 is 2.39 bits per heavy atom. The van der Waals surface area contributed by atoms with Crippen molar-refractivity contribution in [1.82, 2.24) is 10.0 Å². The Balaban J connectivity index is 1.90. The van der Waals surface area contributed by atoms with Gasteiger partial charge in [0, 0.05) is 24.6 Å². The zero-order valence-corrected chi connectivity index (χ0v) is 13.3. The lowest BCUT2D eigenvalue weighted by atomic mass is 10.1. The van der Waals surface area contributed by atoms with E-state index < -0.39 is 10.0 Å². The summed E-state index contributed by atoms with van der Waals surface area (Å²) >= 11 is 0. The normalized spacial score (nSPS) is 18.4. The molecule has 1 aliphatic heterocycles. The van der Waals surface area contributed by atoms with Crippen LogP contribution < -0.4 is 10.0 Å². The molecule has 0 aromatic heterocycles. The maximum absolute atomic E-state index is 12.8. The molecule has 5 nitrogen and oxygen atoms in total. The van der Waals surface area contributed by atoms with E-state index in [4.69, 9.17) is 0 Å². The van der Waals surface area contributed by atoms with Gasteiger partial charge < -0.3 is 5.32 Å². The quantitative estimate of drug-likeness (QED) is 0.899. The number of nitrogens with one attached hydrogen (secondary N) is 2. The van der Waals surface area contributed by atoms with Crippen LogP contribution in [0.1, 0.15) is 12.8 Å². The van der Waals surface area contributed by atoms with E-state index in [0.717, 1.165) is 5.56 Å². The van der Waals surface area contributed by atoms with Gasteiger partial charge in [-0.2, -0.15) is 0 Å². The fourth-order valence-electron chi connectivity index (χ4n) is 2.67. The van der Waals surface area contributed by atoms with Crippen LogP contribution in [0.5, 0.6) is 0 Å². The van der Waals surface area contributed by atoms with Gasteiger partial charge in [0.25, 0.3) is 0 Å². The van der Waals surface area contributed by atoms with Crippen LogP contribution in [-0.4, -0.2) is 26.9 Å². The van der Waals surface area contributed by atoms with Crippen LogP contribution in [0.15, 0.2) is 59.5 Å². The van der Waals surface area contributed by atoms with Gasteiger partial charge in [-0.25, -0.2) is 13.1 Å². The van der Waals surface area contributed by atoms with E-state index in [-0.39, 0.29) is 16.8 Å². The number of benzene rings is 2. The molecular weight excluding hydrogens is 312 g/mol. The van der Waals surface area contributed by atoms with Gasteiger partial charge in [0.1, 0.15) is 0 Å². The second-order valence-electron chi connectivity index (χ2n) is 5.52. The summed E-state index contributed by atoms with van der Waals surface area (Å²) in [6.07, 6.45) is 0.853. The zero-order valence-electron chi connectivity index (χ0n) is 12.5. The van der Waals surface area contributed by atoms with Crippen LogP contribution in [0.4, 0.5) is 0 Å². The molecule has 0 unspecified atom stereocenters. The Labute approximate surface area is 135 Å². The molecule has 6 heteroatoms. The van der Waals surface area contributed by atoms with Crippen molar-refractivity contribution in [2.24, 2.45) is 0 Å². The highest BCUT2D eigenvalue weighted by Gasteiger charge is 2.25. The first kappa shape index (κ1) is 15.7. The fourth-order valence-corrected chi connectivity index (χ4v) is 4.17. The molecule has 1 fully saturated rings. The molecule has 0 saturated carbocycles. The highest BCUT2D eigenvalue weighted by atomic mass is 32.2. The molecule has 0 spiro atoms. The average molecular weight is 330 g/mol. The number of hydrogen-bond donors (Lipinski definition) is 2. The van der Waals surface area contributed by atoms with Crippen molar-refractivity contribution < 1.29 is 13.2 Å². The van der Waals surface area contributed by atoms with Gasteiger partial charge in [-0.05, 0) is 18.1 Å². The Hall–Kier alpha value is -2.18. The first-order chi connectivity index (χ1) is 11.1. The van der Waals surface area contributed by atoms with Crippen LogP contribution in [0.3, 0.4) is 0 Å². The van der Waals surface area contributed by atoms with Crippen LogP contribution in [-0.2, 0) is 14.8 Å². The maximum atomic E-state index is 12.8. The number of carbonyl (C=O) groups excluding carboxylic acids is 1. The molecule has 1 atom stereocenters. The Bertz CT molecular complexity index is 794. The van der Waals surface area contributed by atoms with Crippen molar-refractivity contribution in [1.29, 1.82) is 0 Å². The molecule has 1 heterocycles. The molecule has 2 aromatic carbocycles. The predicted molar refractivity (Wildman–Crippen MR) is 88.2 cm³/mol. The lowest BCUT2D eigenvalue weighted by Gasteiger charge is -2.24. The van der Waals surface area contributed by atoms with Crippen LogP contribution in [0.2, 0.25) is 0 Å². The van der Waals surface area contributed by atoms with E-state index in [1.54, 1.807) is 18.2 Å². The molecule has 120 valence electrons. The SMILES string of the molecule is O=C1CC[C@@H](NS(=O)(=O)c2ccccc2-c2ccccc2)CN1. The zero-order chi connectivity index (χ0) is 16.3. The second-order valence-corrected chi connectivity index (χ2v) is 7.21. The lowest BCUT2D eigenvalue weighted by Crippen LogP contribution is -2.47. The fraction of sp³-hybridized carbons (Fsp3) is 0.235. The summed E-state index contributed by atoms with van der Waals surface area (Å²) in [5.41, 5.74) is 1.52. The molecule has 3 rings (SSSR count). The molecular formula is C17H18N2O3S. The van der Waals surface area contributed by atoms with E-state index in [1.807, 2.05) is 36.4 Å². The molecule has 1 saturated heterocycles. The van der Waals surface area contributed by atoms with Crippen molar-refractivity contribution in [2.75, 3.05) is 6.54 Å². The Kier molecular flexibility index (Phi) is 4.45. The highest BCUT2D eigenvalue weighted by Crippen LogP contribution is 2.27. The monoisotopic (exact) mass is 330 g/mol. The molecule has 2 aromatic rings. The summed E-state index contributed by atoms with van der Waals surface area (Å²) in [6.45, 7) is 0.325. The summed E-state index contributed by atoms with van der Waals surface area (Å²) in [6, 6.07) is 16.1. The van der Waals surface area contributed by atoms with Gasteiger partial charge >= 0.3 is 0 Å². The first-order valence-electron chi connectivity index (χ1n) is 7.50. The smallest absolute Gasteiger partial charge is 0.241 e. The van der Waals surface area contributed by atoms with Crippen LogP contribution in [0.25, 0.3) is 11.1 Å². The third kappa shape index (κ3) is 3.60. The number of carbonyl (C=O) groups is 1. The van der Waals surface area contributed by atoms with Gasteiger partial charge in [-0.15, -0.1) is 0 Å². The van der Waals surface area contributed by atoms with E-state index in [0.29, 0.717) is 24.9 Å². The Morgan fingerprint density at radius 2 is 1.70 bits per heavy atom. The van der Waals surface area contributed by atoms with Gasteiger partial charge in [0.2, 0.25) is 15.9 Å². The third-order valence-electron chi connectivity index (χ3n) is 3.85. The molecule has 2 N–H and O–H groups in total. The van der Waals surface area contributed by atoms with Crippen molar-refractivity contribution in [3.8, 4) is 11.1 Å². The van der Waals surface area contributed by atoms with Gasteiger partial charge in [0.15, 0.2) is 0 Å². The summed E-state index contributed by atoms with van der Waals surface area (Å²) in [7, 11) is -3.66. The molecule has 1 aliphatic rings. The maximum Gasteiger partial charge on any atom is 0.241 e. The molecule has 0 bridgehead atoms. The van der Waals surface area contributed by atoms with Gasteiger partial charge in [0.05, 0.1) is 4.90 Å². The van der Waals surface area contributed by atoms with Crippen molar-refractivity contribution in [3.63, 3.8) is 0 Å². The molecule has 0 radical (unpaired) electrons. The largest absolute Gasteiger partial charge is 0.355 e. The number of amides is 1. The first-order valence-corrected chi connectivity index (χ1v) is 8.98. The minimum atomic E-state index is -3.66. The minimum Gasteiger partial charge on any atom is -0.355 e. The second kappa shape index (κ2) is 6.52.